The molecule has 2 fully saturated rings. The highest BCUT2D eigenvalue weighted by Crippen LogP contribution is 2.45. The number of aryl methyl sites for hydroxylation is 1. The minimum absolute atomic E-state index is 0.0333. The molecule has 1 saturated carbocycles. The van der Waals surface area contributed by atoms with Crippen LogP contribution in [-0.2, 0) is 22.7 Å². The van der Waals surface area contributed by atoms with E-state index < -0.39 is 11.9 Å². The zero-order chi connectivity index (χ0) is 18.6. The second-order valence-electron chi connectivity index (χ2n) is 7.94. The first kappa shape index (κ1) is 17.8. The molecule has 0 spiro atoms. The number of amides is 2. The van der Waals surface area contributed by atoms with Crippen molar-refractivity contribution in [2.45, 2.75) is 58.1 Å². The molecule has 2 heterocycles. The Morgan fingerprint density at radius 2 is 2.04 bits per heavy atom. The van der Waals surface area contributed by atoms with Crippen LogP contribution in [0.25, 0.3) is 0 Å². The van der Waals surface area contributed by atoms with Gasteiger partial charge in [0, 0.05) is 24.0 Å². The van der Waals surface area contributed by atoms with Gasteiger partial charge in [-0.05, 0) is 54.9 Å². The van der Waals surface area contributed by atoms with Crippen molar-refractivity contribution in [3.05, 3.63) is 33.8 Å². The molecule has 2 amide bonds. The van der Waals surface area contributed by atoms with Gasteiger partial charge in [0.15, 0.2) is 6.35 Å². The van der Waals surface area contributed by atoms with Crippen LogP contribution in [0.4, 0.5) is 0 Å². The Kier molecular flexibility index (Phi) is 4.25. The molecule has 140 valence electrons. The van der Waals surface area contributed by atoms with Gasteiger partial charge in [-0.25, -0.2) is 0 Å². The number of nitrogens with one attached hydrogen (secondary N) is 2. The summed E-state index contributed by atoms with van der Waals surface area (Å²) >= 11 is 6.21. The maximum atomic E-state index is 13.0. The molecule has 4 rings (SSSR count). The number of aliphatic hydroxyl groups is 1. The Hall–Kier alpha value is -1.63. The molecule has 3 aliphatic rings. The quantitative estimate of drug-likeness (QED) is 0.745. The van der Waals surface area contributed by atoms with E-state index in [-0.39, 0.29) is 23.7 Å². The van der Waals surface area contributed by atoms with Gasteiger partial charge in [0.2, 0.25) is 11.8 Å². The normalized spacial score (nSPS) is 28.8. The number of hydrogen-bond acceptors (Lipinski definition) is 4. The highest BCUT2D eigenvalue weighted by molar-refractivity contribution is 6.31. The summed E-state index contributed by atoms with van der Waals surface area (Å²) in [5, 5.41) is 16.0. The molecular weight excluding hydrogens is 354 g/mol. The van der Waals surface area contributed by atoms with Gasteiger partial charge in [-0.15, -0.1) is 0 Å². The van der Waals surface area contributed by atoms with Crippen molar-refractivity contribution in [3.8, 4) is 0 Å². The Labute approximate surface area is 157 Å². The Morgan fingerprint density at radius 3 is 2.62 bits per heavy atom. The second-order valence-corrected chi connectivity index (χ2v) is 8.34. The van der Waals surface area contributed by atoms with E-state index in [1.165, 1.54) is 0 Å². The first-order valence-corrected chi connectivity index (χ1v) is 9.51. The van der Waals surface area contributed by atoms with Crippen LogP contribution >= 0.6 is 11.6 Å². The number of carbonyl (C=O) groups is 2. The summed E-state index contributed by atoms with van der Waals surface area (Å²) in [5.74, 6) is -0.289. The van der Waals surface area contributed by atoms with Crippen LogP contribution in [0.5, 0.6) is 0 Å². The molecule has 0 radical (unpaired) electrons. The SMILES string of the molecule is Cc1cc2c(cc1Cl)CN(C(=O)[C@@H](C)C[C@@]1(C3CC3)NC(O)NC1=O)C2. The summed E-state index contributed by atoms with van der Waals surface area (Å²) in [5.41, 5.74) is 2.41. The van der Waals surface area contributed by atoms with E-state index in [1.54, 1.807) is 0 Å². The van der Waals surface area contributed by atoms with Crippen molar-refractivity contribution in [1.29, 1.82) is 0 Å². The van der Waals surface area contributed by atoms with E-state index in [9.17, 15) is 14.7 Å². The first-order chi connectivity index (χ1) is 12.3. The molecule has 1 aromatic carbocycles. The van der Waals surface area contributed by atoms with Gasteiger partial charge in [0.05, 0.1) is 0 Å². The summed E-state index contributed by atoms with van der Waals surface area (Å²) in [4.78, 5) is 27.3. The molecule has 2 aliphatic heterocycles. The van der Waals surface area contributed by atoms with Crippen molar-refractivity contribution >= 4 is 23.4 Å². The Bertz CT molecular complexity index is 749. The molecule has 6 nitrogen and oxygen atoms in total. The van der Waals surface area contributed by atoms with Crippen LogP contribution in [0.1, 0.15) is 42.9 Å². The fourth-order valence-corrected chi connectivity index (χ4v) is 4.56. The van der Waals surface area contributed by atoms with Crippen LogP contribution in [0, 0.1) is 18.8 Å². The van der Waals surface area contributed by atoms with E-state index in [1.807, 2.05) is 30.9 Å². The number of rotatable bonds is 4. The molecule has 0 bridgehead atoms. The maximum absolute atomic E-state index is 13.0. The zero-order valence-electron chi connectivity index (χ0n) is 15.0. The summed E-state index contributed by atoms with van der Waals surface area (Å²) in [7, 11) is 0. The number of aliphatic hydroxyl groups excluding tert-OH is 1. The average molecular weight is 378 g/mol. The van der Waals surface area contributed by atoms with Gasteiger partial charge in [-0.3, -0.25) is 14.9 Å². The molecule has 1 saturated heterocycles. The van der Waals surface area contributed by atoms with Crippen LogP contribution in [0.2, 0.25) is 5.02 Å². The molecule has 1 unspecified atom stereocenters. The van der Waals surface area contributed by atoms with Crippen molar-refractivity contribution in [2.75, 3.05) is 0 Å². The molecule has 7 heteroatoms. The predicted octanol–water partition coefficient (Wildman–Crippen LogP) is 1.66. The lowest BCUT2D eigenvalue weighted by molar-refractivity contribution is -0.137. The third-order valence-corrected chi connectivity index (χ3v) is 6.31. The molecule has 0 aromatic heterocycles. The third-order valence-electron chi connectivity index (χ3n) is 5.91. The van der Waals surface area contributed by atoms with E-state index in [4.69, 9.17) is 11.6 Å². The smallest absolute Gasteiger partial charge is 0.243 e. The van der Waals surface area contributed by atoms with Crippen LogP contribution < -0.4 is 10.6 Å². The maximum Gasteiger partial charge on any atom is 0.243 e. The van der Waals surface area contributed by atoms with Gasteiger partial charge in [0.25, 0.3) is 0 Å². The Morgan fingerprint density at radius 1 is 1.38 bits per heavy atom. The summed E-state index contributed by atoms with van der Waals surface area (Å²) < 4.78 is 0. The molecule has 1 aliphatic carbocycles. The summed E-state index contributed by atoms with van der Waals surface area (Å²) in [6, 6.07) is 3.99. The topological polar surface area (TPSA) is 81.7 Å². The van der Waals surface area contributed by atoms with Crippen LogP contribution in [0.15, 0.2) is 12.1 Å². The van der Waals surface area contributed by atoms with Crippen molar-refractivity contribution in [2.24, 2.45) is 11.8 Å². The lowest BCUT2D eigenvalue weighted by atomic mass is 9.83. The predicted molar refractivity (Wildman–Crippen MR) is 97.0 cm³/mol. The fraction of sp³-hybridized carbons (Fsp3) is 0.579. The van der Waals surface area contributed by atoms with Gasteiger partial charge < -0.3 is 15.3 Å². The lowest BCUT2D eigenvalue weighted by Gasteiger charge is -2.31. The van der Waals surface area contributed by atoms with Crippen molar-refractivity contribution in [3.63, 3.8) is 0 Å². The molecule has 3 N–H and O–H groups in total. The second kappa shape index (κ2) is 6.22. The van der Waals surface area contributed by atoms with Crippen LogP contribution in [0.3, 0.4) is 0 Å². The molecule has 26 heavy (non-hydrogen) atoms. The van der Waals surface area contributed by atoms with Gasteiger partial charge in [-0.2, -0.15) is 0 Å². The highest BCUT2D eigenvalue weighted by Gasteiger charge is 2.56. The lowest BCUT2D eigenvalue weighted by Crippen LogP contribution is -2.52. The van der Waals surface area contributed by atoms with Gasteiger partial charge in [0.1, 0.15) is 5.54 Å². The number of fused-ring (bicyclic) bond motifs is 1. The fourth-order valence-electron chi connectivity index (χ4n) is 4.38. The zero-order valence-corrected chi connectivity index (χ0v) is 15.8. The van der Waals surface area contributed by atoms with E-state index in [0.717, 1.165) is 34.6 Å². The molecule has 1 aromatic rings. The minimum atomic E-state index is -1.04. The molecular formula is C19H24ClN3O3. The van der Waals surface area contributed by atoms with E-state index in [0.29, 0.717) is 19.5 Å². The highest BCUT2D eigenvalue weighted by atomic mass is 35.5. The van der Waals surface area contributed by atoms with Crippen LogP contribution in [-0.4, -0.2) is 33.7 Å². The minimum Gasteiger partial charge on any atom is -0.361 e. The van der Waals surface area contributed by atoms with Crippen molar-refractivity contribution in [1.82, 2.24) is 15.5 Å². The van der Waals surface area contributed by atoms with E-state index >= 15 is 0 Å². The van der Waals surface area contributed by atoms with Crippen molar-refractivity contribution < 1.29 is 14.7 Å². The number of hydrogen-bond donors (Lipinski definition) is 3. The Balaban J connectivity index is 1.48. The molecule has 3 atom stereocenters. The number of benzene rings is 1. The number of carbonyl (C=O) groups excluding carboxylic acids is 2. The third kappa shape index (κ3) is 2.90. The van der Waals surface area contributed by atoms with E-state index in [2.05, 4.69) is 10.6 Å². The summed E-state index contributed by atoms with van der Waals surface area (Å²) in [6.45, 7) is 4.96. The van der Waals surface area contributed by atoms with Gasteiger partial charge >= 0.3 is 0 Å². The monoisotopic (exact) mass is 377 g/mol. The standard InChI is InChI=1S/C19H24ClN3O3/c1-10-5-12-8-23(9-13(12)6-15(10)20)16(24)11(2)7-19(14-3-4-14)17(25)21-18(26)22-19/h5-6,11,14,18,22,26H,3-4,7-9H2,1-2H3,(H,21,25)/t11-,18?,19-/m0/s1. The average Bonchev–Trinajstić information content (AvgIpc) is 3.29. The number of halogens is 1. The first-order valence-electron chi connectivity index (χ1n) is 9.13. The largest absolute Gasteiger partial charge is 0.361 e. The summed E-state index contributed by atoms with van der Waals surface area (Å²) in [6.07, 6.45) is 1.25. The van der Waals surface area contributed by atoms with Gasteiger partial charge in [-0.1, -0.05) is 24.6 Å². The number of nitrogens with zero attached hydrogens (tertiary/aromatic N) is 1.